The Labute approximate surface area is 155 Å². The number of hydrogen-bond acceptors (Lipinski definition) is 6. The average molecular weight is 373 g/mol. The maximum Gasteiger partial charge on any atom is 0.273 e. The lowest BCUT2D eigenvalue weighted by atomic mass is 10.1. The Bertz CT molecular complexity index is 827. The molecule has 1 aliphatic rings. The number of carbonyl (C=O) groups is 2. The number of nitro benzene ring substituents is 1. The largest absolute Gasteiger partial charge is 0.336 e. The van der Waals surface area contributed by atoms with E-state index in [1.165, 1.54) is 23.5 Å². The van der Waals surface area contributed by atoms with Crippen molar-refractivity contribution in [1.82, 2.24) is 9.80 Å². The van der Waals surface area contributed by atoms with Gasteiger partial charge >= 0.3 is 0 Å². The summed E-state index contributed by atoms with van der Waals surface area (Å²) in [5.74, 6) is -0.107. The van der Waals surface area contributed by atoms with Crippen molar-refractivity contribution in [3.05, 3.63) is 61.8 Å². The second kappa shape index (κ2) is 7.76. The Morgan fingerprint density at radius 2 is 1.88 bits per heavy atom. The molecule has 7 nitrogen and oxygen atoms in total. The lowest BCUT2D eigenvalue weighted by Gasteiger charge is -2.34. The van der Waals surface area contributed by atoms with Gasteiger partial charge in [0.1, 0.15) is 0 Å². The van der Waals surface area contributed by atoms with E-state index < -0.39 is 4.92 Å². The van der Waals surface area contributed by atoms with Gasteiger partial charge in [-0.15, -0.1) is 11.3 Å². The molecule has 3 rings (SSSR count). The van der Waals surface area contributed by atoms with Crippen LogP contribution in [0.3, 0.4) is 0 Å². The summed E-state index contributed by atoms with van der Waals surface area (Å²) in [5, 5.41) is 12.9. The quantitative estimate of drug-likeness (QED) is 0.457. The van der Waals surface area contributed by atoms with Gasteiger partial charge in [-0.25, -0.2) is 0 Å². The van der Waals surface area contributed by atoms with E-state index in [0.717, 1.165) is 4.88 Å². The van der Waals surface area contributed by atoms with E-state index >= 15 is 0 Å². The van der Waals surface area contributed by atoms with Crippen LogP contribution in [0.1, 0.15) is 25.6 Å². The first-order valence-electron chi connectivity index (χ1n) is 8.29. The van der Waals surface area contributed by atoms with Crippen LogP contribution < -0.4 is 0 Å². The molecule has 1 aromatic heterocycles. The van der Waals surface area contributed by atoms with Gasteiger partial charge in [0, 0.05) is 43.4 Å². The van der Waals surface area contributed by atoms with Crippen LogP contribution in [-0.2, 0) is 0 Å². The van der Waals surface area contributed by atoms with Gasteiger partial charge in [-0.1, -0.05) is 12.1 Å². The van der Waals surface area contributed by atoms with Gasteiger partial charge in [-0.05, 0) is 24.4 Å². The van der Waals surface area contributed by atoms with Crippen LogP contribution in [0.15, 0.2) is 35.7 Å². The molecular weight excluding hydrogens is 354 g/mol. The number of benzene rings is 1. The zero-order chi connectivity index (χ0) is 18.7. The van der Waals surface area contributed by atoms with Crippen LogP contribution in [0.4, 0.5) is 5.69 Å². The standard InChI is InChI=1S/C18H19N3O4S/c1-13-14(4-2-5-15(13)21(24)25)18(23)20-9-7-19(8-10-20)12-16(22)17-6-3-11-26-17/h2-6,11H,7-10,12H2,1H3. The predicted octanol–water partition coefficient (Wildman–Crippen LogP) is 2.61. The average Bonchev–Trinajstić information content (AvgIpc) is 3.16. The van der Waals surface area contributed by atoms with Crippen LogP contribution >= 0.6 is 11.3 Å². The third kappa shape index (κ3) is 3.81. The Hall–Kier alpha value is -2.58. The molecule has 1 saturated heterocycles. The first-order chi connectivity index (χ1) is 12.5. The maximum absolute atomic E-state index is 12.7. The van der Waals surface area contributed by atoms with Crippen LogP contribution in [0.2, 0.25) is 0 Å². The SMILES string of the molecule is Cc1c(C(=O)N2CCN(CC(=O)c3cccs3)CC2)cccc1[N+](=O)[O-]. The number of thiophene rings is 1. The van der Waals surface area contributed by atoms with E-state index in [2.05, 4.69) is 0 Å². The van der Waals surface area contributed by atoms with Gasteiger partial charge in [0.25, 0.3) is 11.6 Å². The normalized spacial score (nSPS) is 15.0. The Morgan fingerprint density at radius 3 is 2.50 bits per heavy atom. The summed E-state index contributed by atoms with van der Waals surface area (Å²) in [5.41, 5.74) is 0.705. The maximum atomic E-state index is 12.7. The van der Waals surface area contributed by atoms with Crippen molar-refractivity contribution in [2.45, 2.75) is 6.92 Å². The van der Waals surface area contributed by atoms with Gasteiger partial charge < -0.3 is 4.90 Å². The third-order valence-corrected chi connectivity index (χ3v) is 5.47. The van der Waals surface area contributed by atoms with E-state index in [1.807, 2.05) is 22.4 Å². The molecule has 136 valence electrons. The van der Waals surface area contributed by atoms with E-state index in [1.54, 1.807) is 17.9 Å². The Morgan fingerprint density at radius 1 is 1.15 bits per heavy atom. The molecule has 0 atom stereocenters. The minimum atomic E-state index is -0.472. The lowest BCUT2D eigenvalue weighted by Crippen LogP contribution is -2.50. The minimum Gasteiger partial charge on any atom is -0.336 e. The number of nitrogens with zero attached hydrogens (tertiary/aromatic N) is 3. The summed E-state index contributed by atoms with van der Waals surface area (Å²) >= 11 is 1.43. The van der Waals surface area contributed by atoms with Gasteiger partial charge in [0.05, 0.1) is 16.3 Å². The molecule has 0 spiro atoms. The summed E-state index contributed by atoms with van der Waals surface area (Å²) in [6, 6.07) is 8.24. The van der Waals surface area contributed by atoms with Crippen LogP contribution in [0.5, 0.6) is 0 Å². The van der Waals surface area contributed by atoms with Crippen molar-refractivity contribution < 1.29 is 14.5 Å². The molecule has 8 heteroatoms. The van der Waals surface area contributed by atoms with Crippen LogP contribution in [0, 0.1) is 17.0 Å². The topological polar surface area (TPSA) is 83.8 Å². The van der Waals surface area contributed by atoms with Gasteiger partial charge in [-0.3, -0.25) is 24.6 Å². The molecule has 1 fully saturated rings. The van der Waals surface area contributed by atoms with E-state index in [-0.39, 0.29) is 17.4 Å². The zero-order valence-corrected chi connectivity index (χ0v) is 15.2. The summed E-state index contributed by atoms with van der Waals surface area (Å²) in [7, 11) is 0. The van der Waals surface area contributed by atoms with Gasteiger partial charge in [0.2, 0.25) is 0 Å². The number of amides is 1. The fourth-order valence-electron chi connectivity index (χ4n) is 3.05. The first kappa shape index (κ1) is 18.2. The Balaban J connectivity index is 1.61. The second-order valence-electron chi connectivity index (χ2n) is 6.18. The molecule has 0 bridgehead atoms. The second-order valence-corrected chi connectivity index (χ2v) is 7.12. The number of nitro groups is 1. The van der Waals surface area contributed by atoms with Crippen molar-refractivity contribution in [2.75, 3.05) is 32.7 Å². The fraction of sp³-hybridized carbons (Fsp3) is 0.333. The van der Waals surface area contributed by atoms with E-state index in [0.29, 0.717) is 43.9 Å². The van der Waals surface area contributed by atoms with Crippen molar-refractivity contribution >= 4 is 28.7 Å². The van der Waals surface area contributed by atoms with Gasteiger partial charge in [0.15, 0.2) is 5.78 Å². The molecule has 0 radical (unpaired) electrons. The number of ketones is 1. The molecular formula is C18H19N3O4S. The van der Waals surface area contributed by atoms with Crippen LogP contribution in [0.25, 0.3) is 0 Å². The molecule has 2 aromatic rings. The van der Waals surface area contributed by atoms with Crippen molar-refractivity contribution in [3.8, 4) is 0 Å². The van der Waals surface area contributed by atoms with Crippen molar-refractivity contribution in [2.24, 2.45) is 0 Å². The number of rotatable bonds is 5. The molecule has 1 amide bonds. The number of Topliss-reactive ketones (excluding diaryl/α,β-unsaturated/α-hetero) is 1. The summed E-state index contributed by atoms with van der Waals surface area (Å²) in [4.78, 5) is 40.0. The smallest absolute Gasteiger partial charge is 0.273 e. The molecule has 26 heavy (non-hydrogen) atoms. The fourth-order valence-corrected chi connectivity index (χ4v) is 3.71. The highest BCUT2D eigenvalue weighted by Gasteiger charge is 2.26. The number of piperazine rings is 1. The number of hydrogen-bond donors (Lipinski definition) is 0. The highest BCUT2D eigenvalue weighted by molar-refractivity contribution is 7.12. The summed E-state index contributed by atoms with van der Waals surface area (Å²) in [6.07, 6.45) is 0. The van der Waals surface area contributed by atoms with Crippen molar-refractivity contribution in [3.63, 3.8) is 0 Å². The monoisotopic (exact) mass is 373 g/mol. The minimum absolute atomic E-state index is 0.0453. The van der Waals surface area contributed by atoms with E-state index in [9.17, 15) is 19.7 Å². The highest BCUT2D eigenvalue weighted by atomic mass is 32.1. The summed E-state index contributed by atoms with van der Waals surface area (Å²) in [6.45, 7) is 4.16. The molecule has 0 aliphatic carbocycles. The van der Waals surface area contributed by atoms with Crippen molar-refractivity contribution in [1.29, 1.82) is 0 Å². The molecule has 1 aliphatic heterocycles. The molecule has 0 unspecified atom stereocenters. The van der Waals surface area contributed by atoms with E-state index in [4.69, 9.17) is 0 Å². The molecule has 0 N–H and O–H groups in total. The van der Waals surface area contributed by atoms with Gasteiger partial charge in [-0.2, -0.15) is 0 Å². The van der Waals surface area contributed by atoms with Crippen LogP contribution in [-0.4, -0.2) is 59.1 Å². The zero-order valence-electron chi connectivity index (χ0n) is 14.4. The molecule has 1 aromatic carbocycles. The lowest BCUT2D eigenvalue weighted by molar-refractivity contribution is -0.385. The number of carbonyl (C=O) groups excluding carboxylic acids is 2. The highest BCUT2D eigenvalue weighted by Crippen LogP contribution is 2.23. The third-order valence-electron chi connectivity index (χ3n) is 4.56. The molecule has 2 heterocycles. The predicted molar refractivity (Wildman–Crippen MR) is 98.8 cm³/mol. The summed E-state index contributed by atoms with van der Waals surface area (Å²) < 4.78 is 0. The molecule has 0 saturated carbocycles. The Kier molecular flexibility index (Phi) is 5.43. The first-order valence-corrected chi connectivity index (χ1v) is 9.17.